The lowest BCUT2D eigenvalue weighted by atomic mass is 10.1. The molecule has 2 rings (SSSR count). The summed E-state index contributed by atoms with van der Waals surface area (Å²) in [5.41, 5.74) is 2.14. The van der Waals surface area contributed by atoms with Gasteiger partial charge in [-0.2, -0.15) is 0 Å². The van der Waals surface area contributed by atoms with Crippen molar-refractivity contribution in [3.63, 3.8) is 0 Å². The van der Waals surface area contributed by atoms with E-state index in [2.05, 4.69) is 30.2 Å². The van der Waals surface area contributed by atoms with Crippen LogP contribution >= 0.6 is 11.6 Å². The maximum Gasteiger partial charge on any atom is 0.0722 e. The van der Waals surface area contributed by atoms with Gasteiger partial charge in [-0.3, -0.25) is 4.98 Å². The van der Waals surface area contributed by atoms with Crippen LogP contribution in [0.3, 0.4) is 0 Å². The van der Waals surface area contributed by atoms with E-state index in [1.54, 1.807) is 0 Å². The molecule has 17 heavy (non-hydrogen) atoms. The molecular formula is C14H17ClN2. The molecule has 0 aliphatic heterocycles. The molecule has 0 radical (unpaired) electrons. The third-order valence-corrected chi connectivity index (χ3v) is 3.62. The highest BCUT2D eigenvalue weighted by Gasteiger charge is 2.11. The lowest BCUT2D eigenvalue weighted by Crippen LogP contribution is -2.24. The Hall–Kier alpha value is -1.28. The van der Waals surface area contributed by atoms with Crippen molar-refractivity contribution in [1.82, 2.24) is 4.98 Å². The Kier molecular flexibility index (Phi) is 3.85. The molecule has 90 valence electrons. The van der Waals surface area contributed by atoms with Crippen molar-refractivity contribution >= 4 is 28.2 Å². The molecule has 1 heterocycles. The number of anilines is 1. The summed E-state index contributed by atoms with van der Waals surface area (Å²) >= 11 is 5.88. The largest absolute Gasteiger partial charge is 0.382 e. The van der Waals surface area contributed by atoms with E-state index in [0.717, 1.165) is 16.6 Å². The predicted molar refractivity (Wildman–Crippen MR) is 74.7 cm³/mol. The summed E-state index contributed by atoms with van der Waals surface area (Å²) in [6.07, 6.45) is 1.84. The number of nitrogens with zero attached hydrogens (tertiary/aromatic N) is 1. The number of alkyl halides is 1. The number of nitrogens with one attached hydrogen (secondary N) is 1. The Morgan fingerprint density at radius 3 is 2.76 bits per heavy atom. The van der Waals surface area contributed by atoms with Gasteiger partial charge in [-0.15, -0.1) is 11.6 Å². The van der Waals surface area contributed by atoms with Gasteiger partial charge in [0.05, 0.1) is 5.52 Å². The number of aromatic nitrogens is 1. The Labute approximate surface area is 107 Å². The average molecular weight is 249 g/mol. The molecule has 0 aliphatic rings. The first-order valence-electron chi connectivity index (χ1n) is 5.88. The molecule has 1 aromatic heterocycles. The van der Waals surface area contributed by atoms with E-state index in [1.165, 1.54) is 0 Å². The molecule has 0 aliphatic carbocycles. The van der Waals surface area contributed by atoms with E-state index in [0.29, 0.717) is 17.8 Å². The molecule has 0 fully saturated rings. The molecule has 0 saturated heterocycles. The second-order valence-corrected chi connectivity index (χ2v) is 4.75. The summed E-state index contributed by atoms with van der Waals surface area (Å²) in [6.45, 7) is 4.30. The highest BCUT2D eigenvalue weighted by molar-refractivity contribution is 6.18. The van der Waals surface area contributed by atoms with Gasteiger partial charge in [-0.05, 0) is 25.0 Å². The van der Waals surface area contributed by atoms with Crippen LogP contribution in [0.15, 0.2) is 36.5 Å². The number of rotatable bonds is 4. The van der Waals surface area contributed by atoms with Gasteiger partial charge in [0.1, 0.15) is 0 Å². The minimum atomic E-state index is 0.346. The number of para-hydroxylation sites is 1. The topological polar surface area (TPSA) is 24.9 Å². The van der Waals surface area contributed by atoms with Crippen LogP contribution in [0.1, 0.15) is 13.8 Å². The van der Waals surface area contributed by atoms with Crippen LogP contribution in [0.25, 0.3) is 10.9 Å². The van der Waals surface area contributed by atoms with Crippen LogP contribution in [-0.4, -0.2) is 16.9 Å². The molecule has 2 aromatic rings. The third kappa shape index (κ3) is 2.70. The maximum absolute atomic E-state index is 5.88. The van der Waals surface area contributed by atoms with Crippen LogP contribution in [0.2, 0.25) is 0 Å². The van der Waals surface area contributed by atoms with E-state index < -0.39 is 0 Å². The first-order valence-corrected chi connectivity index (χ1v) is 6.42. The zero-order valence-corrected chi connectivity index (χ0v) is 10.9. The van der Waals surface area contributed by atoms with Crippen molar-refractivity contribution in [3.8, 4) is 0 Å². The first-order chi connectivity index (χ1) is 8.22. The van der Waals surface area contributed by atoms with Crippen molar-refractivity contribution in [2.45, 2.75) is 19.9 Å². The summed E-state index contributed by atoms with van der Waals surface area (Å²) in [6, 6.07) is 10.5. The SMILES string of the molecule is CC(CCl)C(C)Nc1ccnc2ccccc12. The van der Waals surface area contributed by atoms with Gasteiger partial charge < -0.3 is 5.32 Å². The summed E-state index contributed by atoms with van der Waals surface area (Å²) < 4.78 is 0. The van der Waals surface area contributed by atoms with Crippen LogP contribution in [-0.2, 0) is 0 Å². The van der Waals surface area contributed by atoms with Gasteiger partial charge >= 0.3 is 0 Å². The smallest absolute Gasteiger partial charge is 0.0722 e. The second-order valence-electron chi connectivity index (χ2n) is 4.44. The maximum atomic E-state index is 5.88. The monoisotopic (exact) mass is 248 g/mol. The Morgan fingerprint density at radius 2 is 2.00 bits per heavy atom. The van der Waals surface area contributed by atoms with Gasteiger partial charge in [-0.25, -0.2) is 0 Å². The molecule has 2 nitrogen and oxygen atoms in total. The highest BCUT2D eigenvalue weighted by Crippen LogP contribution is 2.23. The molecule has 1 aromatic carbocycles. The van der Waals surface area contributed by atoms with E-state index in [1.807, 2.05) is 30.5 Å². The third-order valence-electron chi connectivity index (χ3n) is 3.13. The highest BCUT2D eigenvalue weighted by atomic mass is 35.5. The predicted octanol–water partition coefficient (Wildman–Crippen LogP) is 3.91. The quantitative estimate of drug-likeness (QED) is 0.830. The zero-order chi connectivity index (χ0) is 12.3. The number of fused-ring (bicyclic) bond motifs is 1. The summed E-state index contributed by atoms with van der Waals surface area (Å²) in [5.74, 6) is 1.10. The molecule has 2 atom stereocenters. The molecular weight excluding hydrogens is 232 g/mol. The molecule has 3 heteroatoms. The number of halogens is 1. The van der Waals surface area contributed by atoms with E-state index in [9.17, 15) is 0 Å². The van der Waals surface area contributed by atoms with E-state index >= 15 is 0 Å². The number of benzene rings is 1. The fourth-order valence-corrected chi connectivity index (χ4v) is 2.01. The van der Waals surface area contributed by atoms with Crippen molar-refractivity contribution in [3.05, 3.63) is 36.5 Å². The first kappa shape index (κ1) is 12.2. The van der Waals surface area contributed by atoms with Crippen molar-refractivity contribution in [2.24, 2.45) is 5.92 Å². The van der Waals surface area contributed by atoms with Crippen LogP contribution < -0.4 is 5.32 Å². The summed E-state index contributed by atoms with van der Waals surface area (Å²) in [7, 11) is 0. The Bertz CT molecular complexity index is 493. The Balaban J connectivity index is 2.30. The van der Waals surface area contributed by atoms with Gasteiger partial charge in [0.15, 0.2) is 0 Å². The van der Waals surface area contributed by atoms with Gasteiger partial charge in [0, 0.05) is 29.2 Å². The molecule has 0 amide bonds. The van der Waals surface area contributed by atoms with Crippen molar-refractivity contribution < 1.29 is 0 Å². The summed E-state index contributed by atoms with van der Waals surface area (Å²) in [5, 5.41) is 4.67. The fourth-order valence-electron chi connectivity index (χ4n) is 1.74. The van der Waals surface area contributed by atoms with Crippen molar-refractivity contribution in [2.75, 3.05) is 11.2 Å². The van der Waals surface area contributed by atoms with Gasteiger partial charge in [-0.1, -0.05) is 25.1 Å². The van der Waals surface area contributed by atoms with E-state index in [-0.39, 0.29) is 0 Å². The Morgan fingerprint density at radius 1 is 1.24 bits per heavy atom. The second kappa shape index (κ2) is 5.37. The van der Waals surface area contributed by atoms with Gasteiger partial charge in [0.25, 0.3) is 0 Å². The minimum absolute atomic E-state index is 0.346. The number of hydrogen-bond donors (Lipinski definition) is 1. The molecule has 2 unspecified atom stereocenters. The standard InChI is InChI=1S/C14H17ClN2/c1-10(9-15)11(2)17-14-7-8-16-13-6-4-3-5-12(13)14/h3-8,10-11H,9H2,1-2H3,(H,16,17). The van der Waals surface area contributed by atoms with E-state index in [4.69, 9.17) is 11.6 Å². The lowest BCUT2D eigenvalue weighted by Gasteiger charge is -2.21. The molecule has 0 saturated carbocycles. The average Bonchev–Trinajstić information content (AvgIpc) is 2.38. The zero-order valence-electron chi connectivity index (χ0n) is 10.2. The normalized spacial score (nSPS) is 14.5. The fraction of sp³-hybridized carbons (Fsp3) is 0.357. The molecule has 0 bridgehead atoms. The van der Waals surface area contributed by atoms with Crippen LogP contribution in [0.4, 0.5) is 5.69 Å². The number of hydrogen-bond acceptors (Lipinski definition) is 2. The number of pyridine rings is 1. The van der Waals surface area contributed by atoms with Crippen LogP contribution in [0, 0.1) is 5.92 Å². The lowest BCUT2D eigenvalue weighted by molar-refractivity contribution is 0.566. The van der Waals surface area contributed by atoms with Gasteiger partial charge in [0.2, 0.25) is 0 Å². The molecule has 1 N–H and O–H groups in total. The molecule has 0 spiro atoms. The summed E-state index contributed by atoms with van der Waals surface area (Å²) in [4.78, 5) is 4.35. The van der Waals surface area contributed by atoms with Crippen LogP contribution in [0.5, 0.6) is 0 Å². The van der Waals surface area contributed by atoms with Crippen molar-refractivity contribution in [1.29, 1.82) is 0 Å². The minimum Gasteiger partial charge on any atom is -0.382 e.